The van der Waals surface area contributed by atoms with Crippen LogP contribution in [-0.4, -0.2) is 53.9 Å². The van der Waals surface area contributed by atoms with Crippen molar-refractivity contribution in [3.8, 4) is 5.75 Å². The monoisotopic (exact) mass is 440 g/mol. The highest BCUT2D eigenvalue weighted by molar-refractivity contribution is 5.96. The lowest BCUT2D eigenvalue weighted by Gasteiger charge is -2.40. The molecule has 2 amide bonds. The molecule has 5 heteroatoms. The fourth-order valence-corrected chi connectivity index (χ4v) is 5.83. The van der Waals surface area contributed by atoms with Gasteiger partial charge in [0.25, 0.3) is 5.91 Å². The van der Waals surface area contributed by atoms with Crippen molar-refractivity contribution in [1.29, 1.82) is 0 Å². The predicted molar refractivity (Wildman–Crippen MR) is 127 cm³/mol. The van der Waals surface area contributed by atoms with Crippen LogP contribution in [0, 0.1) is 5.92 Å². The molecule has 0 N–H and O–H groups in total. The third-order valence-corrected chi connectivity index (χ3v) is 7.71. The van der Waals surface area contributed by atoms with Gasteiger partial charge >= 0.3 is 0 Å². The number of fused-ring (bicyclic) bond motifs is 2. The molecule has 1 heterocycles. The van der Waals surface area contributed by atoms with Gasteiger partial charge in [0, 0.05) is 26.6 Å². The van der Waals surface area contributed by atoms with Crippen LogP contribution in [0.25, 0.3) is 0 Å². The van der Waals surface area contributed by atoms with Gasteiger partial charge in [-0.3, -0.25) is 9.59 Å². The summed E-state index contributed by atoms with van der Waals surface area (Å²) in [5, 5.41) is 0. The van der Waals surface area contributed by atoms with Gasteiger partial charge in [-0.05, 0) is 63.0 Å². The first kappa shape index (κ1) is 23.1. The predicted octanol–water partition coefficient (Wildman–Crippen LogP) is 5.43. The van der Waals surface area contributed by atoms with E-state index in [4.69, 9.17) is 4.74 Å². The maximum atomic E-state index is 13.5. The first-order valence-electron chi connectivity index (χ1n) is 12.9. The number of nitrogens with zero attached hydrogens (tertiary/aromatic N) is 2. The molecule has 176 valence electrons. The second-order valence-electron chi connectivity index (χ2n) is 10.1. The summed E-state index contributed by atoms with van der Waals surface area (Å²) in [6.45, 7) is 1.59. The second-order valence-corrected chi connectivity index (χ2v) is 10.1. The van der Waals surface area contributed by atoms with Crippen molar-refractivity contribution >= 4 is 11.8 Å². The largest absolute Gasteiger partial charge is 0.487 e. The van der Waals surface area contributed by atoms with E-state index in [0.717, 1.165) is 64.5 Å². The van der Waals surface area contributed by atoms with E-state index in [1.54, 1.807) is 0 Å². The van der Waals surface area contributed by atoms with Crippen LogP contribution in [0.15, 0.2) is 24.3 Å². The number of carbonyl (C=O) groups excluding carboxylic acids is 2. The molecule has 0 unspecified atom stereocenters. The molecule has 0 saturated heterocycles. The van der Waals surface area contributed by atoms with Crippen molar-refractivity contribution in [2.24, 2.45) is 5.92 Å². The van der Waals surface area contributed by atoms with Crippen LogP contribution in [0.1, 0.15) is 93.8 Å². The summed E-state index contributed by atoms with van der Waals surface area (Å²) in [4.78, 5) is 30.6. The number of para-hydroxylation sites is 1. The number of ether oxygens (including phenoxy) is 1. The molecule has 0 bridgehead atoms. The fourth-order valence-electron chi connectivity index (χ4n) is 5.83. The third-order valence-electron chi connectivity index (χ3n) is 7.71. The summed E-state index contributed by atoms with van der Waals surface area (Å²) in [5.74, 6) is 1.58. The van der Waals surface area contributed by atoms with Crippen molar-refractivity contribution in [3.63, 3.8) is 0 Å². The topological polar surface area (TPSA) is 49.9 Å². The van der Waals surface area contributed by atoms with Gasteiger partial charge in [-0.1, -0.05) is 44.2 Å². The molecule has 2 aliphatic carbocycles. The molecule has 2 atom stereocenters. The smallest absolute Gasteiger partial charge is 0.257 e. The Morgan fingerprint density at radius 2 is 1.59 bits per heavy atom. The minimum absolute atomic E-state index is 0.0270. The van der Waals surface area contributed by atoms with Crippen LogP contribution in [-0.2, 0) is 4.79 Å². The highest BCUT2D eigenvalue weighted by Gasteiger charge is 2.36. The Morgan fingerprint density at radius 3 is 2.41 bits per heavy atom. The molecule has 1 aliphatic heterocycles. The Balaban J connectivity index is 1.59. The maximum Gasteiger partial charge on any atom is 0.257 e. The number of hydrogen-bond donors (Lipinski definition) is 0. The van der Waals surface area contributed by atoms with Crippen molar-refractivity contribution in [2.75, 3.05) is 20.1 Å². The van der Waals surface area contributed by atoms with Crippen LogP contribution in [0.4, 0.5) is 0 Å². The molecule has 0 spiro atoms. The van der Waals surface area contributed by atoms with E-state index in [-0.39, 0.29) is 18.1 Å². The third kappa shape index (κ3) is 5.65. The van der Waals surface area contributed by atoms with Crippen LogP contribution in [0.5, 0.6) is 5.75 Å². The summed E-state index contributed by atoms with van der Waals surface area (Å²) in [7, 11) is 1.89. The number of carbonyl (C=O) groups is 2. The minimum atomic E-state index is -0.0431. The Hall–Kier alpha value is -2.04. The van der Waals surface area contributed by atoms with Crippen molar-refractivity contribution < 1.29 is 14.3 Å². The van der Waals surface area contributed by atoms with Gasteiger partial charge in [-0.25, -0.2) is 0 Å². The molecular formula is C27H40N2O3. The highest BCUT2D eigenvalue weighted by Crippen LogP contribution is 2.33. The molecule has 2 saturated carbocycles. The Morgan fingerprint density at radius 1 is 0.906 bits per heavy atom. The number of hydrogen-bond acceptors (Lipinski definition) is 3. The SMILES string of the molecule is CN1CCCCCCN(C(=O)CC2CCCC2)[C@@H]2CCCC[C@@H]2Oc2ccccc2C1=O. The summed E-state index contributed by atoms with van der Waals surface area (Å²) in [6, 6.07) is 7.76. The number of amides is 2. The van der Waals surface area contributed by atoms with Gasteiger partial charge in [-0.15, -0.1) is 0 Å². The molecule has 2 fully saturated rings. The van der Waals surface area contributed by atoms with Gasteiger partial charge in [0.05, 0.1) is 11.6 Å². The Kier molecular flexibility index (Phi) is 8.10. The Bertz CT molecular complexity index is 774. The van der Waals surface area contributed by atoms with Crippen LogP contribution < -0.4 is 4.74 Å². The van der Waals surface area contributed by atoms with Gasteiger partial charge in [0.15, 0.2) is 0 Å². The van der Waals surface area contributed by atoms with E-state index >= 15 is 0 Å². The van der Waals surface area contributed by atoms with Gasteiger partial charge < -0.3 is 14.5 Å². The number of rotatable bonds is 2. The van der Waals surface area contributed by atoms with E-state index in [9.17, 15) is 9.59 Å². The molecule has 4 rings (SSSR count). The van der Waals surface area contributed by atoms with E-state index in [0.29, 0.717) is 29.6 Å². The summed E-state index contributed by atoms with van der Waals surface area (Å²) >= 11 is 0. The standard InChI is InChI=1S/C27H40N2O3/c1-28-18-10-2-3-11-19-29(26(30)20-21-12-4-5-13-21)23-15-7-9-17-25(23)32-24-16-8-6-14-22(24)27(28)31/h6,8,14,16,21,23,25H,2-5,7,9-13,15,17-20H2,1H3/t23-,25+/m1/s1. The molecule has 3 aliphatic rings. The van der Waals surface area contributed by atoms with E-state index in [1.807, 2.05) is 36.2 Å². The first-order valence-corrected chi connectivity index (χ1v) is 12.9. The van der Waals surface area contributed by atoms with Crippen LogP contribution >= 0.6 is 0 Å². The average molecular weight is 441 g/mol. The normalized spacial score (nSPS) is 26.1. The summed E-state index contributed by atoms with van der Waals surface area (Å²) in [6.07, 6.45) is 14.0. The Labute approximate surface area is 193 Å². The van der Waals surface area contributed by atoms with E-state index in [1.165, 1.54) is 25.7 Å². The van der Waals surface area contributed by atoms with Crippen molar-refractivity contribution in [1.82, 2.24) is 9.80 Å². The molecule has 1 aromatic rings. The van der Waals surface area contributed by atoms with Gasteiger partial charge in [-0.2, -0.15) is 0 Å². The zero-order valence-corrected chi connectivity index (χ0v) is 19.8. The molecule has 32 heavy (non-hydrogen) atoms. The lowest BCUT2D eigenvalue weighted by molar-refractivity contribution is -0.138. The molecule has 5 nitrogen and oxygen atoms in total. The lowest BCUT2D eigenvalue weighted by atomic mass is 9.90. The quantitative estimate of drug-likeness (QED) is 0.616. The van der Waals surface area contributed by atoms with Crippen molar-refractivity contribution in [3.05, 3.63) is 29.8 Å². The maximum absolute atomic E-state index is 13.5. The zero-order chi connectivity index (χ0) is 22.3. The molecule has 0 aromatic heterocycles. The molecule has 1 aromatic carbocycles. The first-order chi connectivity index (χ1) is 15.6. The molecular weight excluding hydrogens is 400 g/mol. The van der Waals surface area contributed by atoms with E-state index < -0.39 is 0 Å². The lowest BCUT2D eigenvalue weighted by Crippen LogP contribution is -2.51. The van der Waals surface area contributed by atoms with Gasteiger partial charge in [0.1, 0.15) is 11.9 Å². The van der Waals surface area contributed by atoms with Gasteiger partial charge in [0.2, 0.25) is 5.91 Å². The second kappa shape index (κ2) is 11.2. The highest BCUT2D eigenvalue weighted by atomic mass is 16.5. The summed E-state index contributed by atoms with van der Waals surface area (Å²) in [5.41, 5.74) is 0.639. The van der Waals surface area contributed by atoms with E-state index in [2.05, 4.69) is 4.90 Å². The average Bonchev–Trinajstić information content (AvgIpc) is 3.31. The fraction of sp³-hybridized carbons (Fsp3) is 0.704. The van der Waals surface area contributed by atoms with Crippen LogP contribution in [0.3, 0.4) is 0 Å². The minimum Gasteiger partial charge on any atom is -0.487 e. The number of benzene rings is 1. The molecule has 0 radical (unpaired) electrons. The zero-order valence-electron chi connectivity index (χ0n) is 19.8. The van der Waals surface area contributed by atoms with Crippen molar-refractivity contribution in [2.45, 2.75) is 95.6 Å². The summed E-state index contributed by atoms with van der Waals surface area (Å²) < 4.78 is 6.57. The van der Waals surface area contributed by atoms with Crippen LogP contribution in [0.2, 0.25) is 0 Å².